The average molecular weight is 348 g/mol. The van der Waals surface area contributed by atoms with Crippen LogP contribution in [-0.2, 0) is 4.79 Å². The molecule has 25 heavy (non-hydrogen) atoms. The number of imide groups is 1. The molecule has 0 fully saturated rings. The van der Waals surface area contributed by atoms with Gasteiger partial charge in [-0.2, -0.15) is 0 Å². The summed E-state index contributed by atoms with van der Waals surface area (Å²) in [6.07, 6.45) is 0.821. The Morgan fingerprint density at radius 1 is 0.960 bits per heavy atom. The molecule has 0 radical (unpaired) electrons. The molecule has 0 aromatic heterocycles. The molecule has 0 unspecified atom stereocenters. The fourth-order valence-corrected chi connectivity index (χ4v) is 2.56. The molecule has 140 valence electrons. The van der Waals surface area contributed by atoms with E-state index in [1.54, 1.807) is 0 Å². The fourth-order valence-electron chi connectivity index (χ4n) is 2.56. The summed E-state index contributed by atoms with van der Waals surface area (Å²) in [5.74, 6) is 0.492. The Balaban J connectivity index is 2.61. The molecule has 5 heteroatoms. The number of urea groups is 1. The molecule has 0 aliphatic carbocycles. The van der Waals surface area contributed by atoms with E-state index in [1.807, 2.05) is 13.8 Å². The first-order valence-corrected chi connectivity index (χ1v) is 9.18. The molecule has 0 spiro atoms. The molecule has 0 saturated heterocycles. The number of nitrogens with one attached hydrogen (secondary N) is 3. The molecule has 0 bridgehead atoms. The van der Waals surface area contributed by atoms with Gasteiger partial charge in [-0.1, -0.05) is 58.9 Å². The Morgan fingerprint density at radius 2 is 1.52 bits per heavy atom. The minimum absolute atomic E-state index is 0.0450. The predicted octanol–water partition coefficient (Wildman–Crippen LogP) is 3.72. The molecule has 1 rings (SSSR count). The van der Waals surface area contributed by atoms with Crippen LogP contribution in [-0.4, -0.2) is 24.5 Å². The summed E-state index contributed by atoms with van der Waals surface area (Å²) in [6.45, 7) is 12.5. The third-order valence-corrected chi connectivity index (χ3v) is 4.35. The number of hydrogen-bond donors (Lipinski definition) is 3. The van der Waals surface area contributed by atoms with Crippen molar-refractivity contribution in [2.45, 2.75) is 66.0 Å². The Morgan fingerprint density at radius 3 is 2.00 bits per heavy atom. The van der Waals surface area contributed by atoms with Gasteiger partial charge >= 0.3 is 6.03 Å². The van der Waals surface area contributed by atoms with E-state index in [4.69, 9.17) is 0 Å². The van der Waals surface area contributed by atoms with Crippen LogP contribution in [0, 0.1) is 5.92 Å². The van der Waals surface area contributed by atoms with Gasteiger partial charge in [0.2, 0.25) is 5.91 Å². The maximum absolute atomic E-state index is 12.0. The lowest BCUT2D eigenvalue weighted by Crippen LogP contribution is -2.46. The predicted molar refractivity (Wildman–Crippen MR) is 103 cm³/mol. The van der Waals surface area contributed by atoms with E-state index >= 15 is 0 Å². The zero-order valence-corrected chi connectivity index (χ0v) is 16.3. The summed E-state index contributed by atoms with van der Waals surface area (Å²) in [7, 11) is 0. The maximum atomic E-state index is 12.0. The van der Waals surface area contributed by atoms with Gasteiger partial charge in [-0.05, 0) is 36.3 Å². The maximum Gasteiger partial charge on any atom is 0.321 e. The van der Waals surface area contributed by atoms with Crippen LogP contribution < -0.4 is 16.0 Å². The lowest BCUT2D eigenvalue weighted by molar-refractivity contribution is -0.119. The summed E-state index contributed by atoms with van der Waals surface area (Å²) in [5.41, 5.74) is 2.45. The molecule has 3 N–H and O–H groups in total. The Labute approximate surface area is 152 Å². The van der Waals surface area contributed by atoms with Gasteiger partial charge in [0.25, 0.3) is 0 Å². The van der Waals surface area contributed by atoms with Crippen molar-refractivity contribution in [1.82, 2.24) is 16.0 Å². The van der Waals surface area contributed by atoms with Crippen LogP contribution in [0.15, 0.2) is 24.3 Å². The minimum Gasteiger partial charge on any atom is -0.335 e. The zero-order chi connectivity index (χ0) is 19.0. The molecule has 0 aliphatic heterocycles. The molecule has 5 nitrogen and oxygen atoms in total. The Hall–Kier alpha value is -1.88. The fraction of sp³-hybridized carbons (Fsp3) is 0.600. The van der Waals surface area contributed by atoms with Crippen molar-refractivity contribution in [2.24, 2.45) is 5.92 Å². The van der Waals surface area contributed by atoms with Crippen LogP contribution in [0.2, 0.25) is 0 Å². The average Bonchev–Trinajstić information content (AvgIpc) is 2.54. The Kier molecular flexibility index (Phi) is 8.62. The molecule has 0 heterocycles. The normalized spacial score (nSPS) is 13.6. The van der Waals surface area contributed by atoms with Gasteiger partial charge in [0.05, 0.1) is 6.54 Å². The first-order chi connectivity index (χ1) is 11.7. The van der Waals surface area contributed by atoms with E-state index in [2.05, 4.69) is 67.9 Å². The van der Waals surface area contributed by atoms with Gasteiger partial charge < -0.3 is 10.6 Å². The first-order valence-electron chi connectivity index (χ1n) is 9.18. The number of carbonyl (C=O) groups excluding carboxylic acids is 2. The van der Waals surface area contributed by atoms with Gasteiger partial charge in [0.1, 0.15) is 0 Å². The summed E-state index contributed by atoms with van der Waals surface area (Å²) in [4.78, 5) is 23.7. The van der Waals surface area contributed by atoms with Crippen molar-refractivity contribution >= 4 is 11.9 Å². The van der Waals surface area contributed by atoms with Crippen molar-refractivity contribution in [2.75, 3.05) is 6.54 Å². The van der Waals surface area contributed by atoms with Crippen molar-refractivity contribution in [1.29, 1.82) is 0 Å². The van der Waals surface area contributed by atoms with Gasteiger partial charge in [0.15, 0.2) is 0 Å². The van der Waals surface area contributed by atoms with E-state index < -0.39 is 6.03 Å². The summed E-state index contributed by atoms with van der Waals surface area (Å²) in [6, 6.07) is 8.16. The van der Waals surface area contributed by atoms with Gasteiger partial charge in [0, 0.05) is 12.1 Å². The molecule has 1 aromatic rings. The van der Waals surface area contributed by atoms with E-state index in [-0.39, 0.29) is 24.5 Å². The summed E-state index contributed by atoms with van der Waals surface area (Å²) >= 11 is 0. The second-order valence-corrected chi connectivity index (χ2v) is 7.25. The van der Waals surface area contributed by atoms with Crippen LogP contribution in [0.4, 0.5) is 4.79 Å². The topological polar surface area (TPSA) is 70.2 Å². The van der Waals surface area contributed by atoms with Crippen LogP contribution in [0.5, 0.6) is 0 Å². The van der Waals surface area contributed by atoms with E-state index in [0.717, 1.165) is 12.0 Å². The number of rotatable bonds is 8. The SMILES string of the molecule is CC[C@H](C)NC(=O)NC(=O)CN[C@H](c1ccc(C(C)C)cc1)C(C)C. The summed E-state index contributed by atoms with van der Waals surface area (Å²) in [5, 5.41) is 8.35. The highest BCUT2D eigenvalue weighted by atomic mass is 16.2. The van der Waals surface area contributed by atoms with Crippen molar-refractivity contribution < 1.29 is 9.59 Å². The van der Waals surface area contributed by atoms with Crippen LogP contribution in [0.25, 0.3) is 0 Å². The molecular formula is C20H33N3O2. The third kappa shape index (κ3) is 7.26. The minimum atomic E-state index is -0.441. The van der Waals surface area contributed by atoms with E-state index in [1.165, 1.54) is 5.56 Å². The lowest BCUT2D eigenvalue weighted by Gasteiger charge is -2.23. The van der Waals surface area contributed by atoms with E-state index in [0.29, 0.717) is 11.8 Å². The quantitative estimate of drug-likeness (QED) is 0.671. The smallest absolute Gasteiger partial charge is 0.321 e. The molecule has 3 amide bonds. The number of amides is 3. The van der Waals surface area contributed by atoms with Crippen molar-refractivity contribution in [3.8, 4) is 0 Å². The van der Waals surface area contributed by atoms with Crippen molar-refractivity contribution in [3.63, 3.8) is 0 Å². The van der Waals surface area contributed by atoms with Gasteiger partial charge in [-0.25, -0.2) is 4.79 Å². The summed E-state index contributed by atoms with van der Waals surface area (Å²) < 4.78 is 0. The van der Waals surface area contributed by atoms with Crippen LogP contribution in [0.1, 0.15) is 71.0 Å². The molecule has 1 aromatic carbocycles. The van der Waals surface area contributed by atoms with Gasteiger partial charge in [-0.3, -0.25) is 10.1 Å². The Bertz CT molecular complexity index is 553. The second-order valence-electron chi connectivity index (χ2n) is 7.25. The zero-order valence-electron chi connectivity index (χ0n) is 16.3. The van der Waals surface area contributed by atoms with Gasteiger partial charge in [-0.15, -0.1) is 0 Å². The number of hydrogen-bond acceptors (Lipinski definition) is 3. The molecule has 2 atom stereocenters. The number of carbonyl (C=O) groups is 2. The highest BCUT2D eigenvalue weighted by molar-refractivity contribution is 5.95. The lowest BCUT2D eigenvalue weighted by atomic mass is 9.93. The van der Waals surface area contributed by atoms with Crippen LogP contribution >= 0.6 is 0 Å². The number of benzene rings is 1. The second kappa shape index (κ2) is 10.2. The third-order valence-electron chi connectivity index (χ3n) is 4.35. The standard InChI is InChI=1S/C20H33N3O2/c1-7-15(6)22-20(25)23-18(24)12-21-19(14(4)5)17-10-8-16(9-11-17)13(2)3/h8-11,13-15,19,21H,7,12H2,1-6H3,(H2,22,23,24,25)/t15-,19-/m0/s1. The molecule has 0 saturated carbocycles. The monoisotopic (exact) mass is 347 g/mol. The largest absolute Gasteiger partial charge is 0.335 e. The van der Waals surface area contributed by atoms with Crippen LogP contribution in [0.3, 0.4) is 0 Å². The van der Waals surface area contributed by atoms with Crippen molar-refractivity contribution in [3.05, 3.63) is 35.4 Å². The molecule has 0 aliphatic rings. The highest BCUT2D eigenvalue weighted by Gasteiger charge is 2.18. The molecular weight excluding hydrogens is 314 g/mol. The highest BCUT2D eigenvalue weighted by Crippen LogP contribution is 2.23. The van der Waals surface area contributed by atoms with E-state index in [9.17, 15) is 9.59 Å². The first kappa shape index (κ1) is 21.2.